The molecule has 0 atom stereocenters. The average Bonchev–Trinajstić information content (AvgIpc) is 2.96. The average molecular weight is 508 g/mol. The van der Waals surface area contributed by atoms with Crippen LogP contribution in [-0.2, 0) is 11.4 Å². The molecule has 1 heterocycles. The van der Waals surface area contributed by atoms with Crippen molar-refractivity contribution in [3.8, 4) is 11.5 Å². The molecular formula is C21H18BrNO5S2. The lowest BCUT2D eigenvalue weighted by Gasteiger charge is -2.14. The number of hydrogen-bond donors (Lipinski definition) is 1. The van der Waals surface area contributed by atoms with Gasteiger partial charge in [0, 0.05) is 11.5 Å². The predicted octanol–water partition coefficient (Wildman–Crippen LogP) is 4.96. The normalized spacial score (nSPS) is 15.0. The summed E-state index contributed by atoms with van der Waals surface area (Å²) in [6, 6.07) is 10.1. The van der Waals surface area contributed by atoms with Crippen molar-refractivity contribution in [3.05, 3.63) is 62.5 Å². The Kier molecular flexibility index (Phi) is 7.17. The third-order valence-electron chi connectivity index (χ3n) is 4.23. The van der Waals surface area contributed by atoms with Gasteiger partial charge in [-0.25, -0.2) is 4.79 Å². The topological polar surface area (TPSA) is 76.1 Å². The van der Waals surface area contributed by atoms with Crippen molar-refractivity contribution in [2.45, 2.75) is 13.5 Å². The Hall–Kier alpha value is -2.36. The van der Waals surface area contributed by atoms with E-state index in [0.717, 1.165) is 15.6 Å². The van der Waals surface area contributed by atoms with E-state index in [1.807, 2.05) is 6.92 Å². The van der Waals surface area contributed by atoms with Crippen molar-refractivity contribution in [1.82, 2.24) is 4.90 Å². The number of rotatable bonds is 7. The molecule has 2 aromatic carbocycles. The van der Waals surface area contributed by atoms with Crippen LogP contribution in [0.3, 0.4) is 0 Å². The minimum absolute atomic E-state index is 0.139. The van der Waals surface area contributed by atoms with E-state index in [-0.39, 0.29) is 18.1 Å². The second-order valence-corrected chi connectivity index (χ2v) is 8.82. The van der Waals surface area contributed by atoms with Gasteiger partial charge in [-0.3, -0.25) is 9.69 Å². The van der Waals surface area contributed by atoms with E-state index in [4.69, 9.17) is 26.8 Å². The smallest absolute Gasteiger partial charge is 0.335 e. The van der Waals surface area contributed by atoms with Crippen LogP contribution in [0.4, 0.5) is 0 Å². The van der Waals surface area contributed by atoms with Crippen molar-refractivity contribution in [3.63, 3.8) is 0 Å². The first-order valence-corrected chi connectivity index (χ1v) is 10.9. The molecule has 0 radical (unpaired) electrons. The molecule has 1 aliphatic heterocycles. The van der Waals surface area contributed by atoms with Crippen LogP contribution in [0.5, 0.6) is 11.5 Å². The molecule has 6 nitrogen and oxygen atoms in total. The first-order valence-electron chi connectivity index (χ1n) is 8.93. The van der Waals surface area contributed by atoms with Crippen LogP contribution >= 0.6 is 39.9 Å². The lowest BCUT2D eigenvalue weighted by atomic mass is 10.1. The molecule has 2 aromatic rings. The van der Waals surface area contributed by atoms with E-state index < -0.39 is 5.97 Å². The van der Waals surface area contributed by atoms with Crippen molar-refractivity contribution >= 4 is 62.2 Å². The maximum absolute atomic E-state index is 12.3. The van der Waals surface area contributed by atoms with Crippen LogP contribution in [0.15, 0.2) is 45.8 Å². The van der Waals surface area contributed by atoms with Crippen LogP contribution in [0.25, 0.3) is 6.08 Å². The minimum Gasteiger partial charge on any atom is -0.490 e. The summed E-state index contributed by atoms with van der Waals surface area (Å²) in [5, 5.41) is 8.99. The molecule has 0 bridgehead atoms. The molecule has 3 rings (SSSR count). The van der Waals surface area contributed by atoms with Gasteiger partial charge in [0.25, 0.3) is 5.91 Å². The molecule has 1 fully saturated rings. The summed E-state index contributed by atoms with van der Waals surface area (Å²) in [5.74, 6) is -0.0343. The Morgan fingerprint density at radius 3 is 2.47 bits per heavy atom. The predicted molar refractivity (Wildman–Crippen MR) is 124 cm³/mol. The summed E-state index contributed by atoms with van der Waals surface area (Å²) >= 11 is 9.96. The highest BCUT2D eigenvalue weighted by molar-refractivity contribution is 9.10. The highest BCUT2D eigenvalue weighted by atomic mass is 79.9. The van der Waals surface area contributed by atoms with Gasteiger partial charge in [0.1, 0.15) is 10.9 Å². The van der Waals surface area contributed by atoms with Crippen LogP contribution in [0, 0.1) is 0 Å². The number of carbonyl (C=O) groups is 2. The molecule has 1 aliphatic rings. The number of thiocarbonyl (C=S) groups is 1. The Labute approximate surface area is 192 Å². The van der Waals surface area contributed by atoms with E-state index in [1.165, 1.54) is 28.8 Å². The summed E-state index contributed by atoms with van der Waals surface area (Å²) in [6.07, 6.45) is 1.77. The molecule has 30 heavy (non-hydrogen) atoms. The van der Waals surface area contributed by atoms with Gasteiger partial charge in [-0.05, 0) is 48.4 Å². The molecule has 9 heteroatoms. The Morgan fingerprint density at radius 2 is 1.90 bits per heavy atom. The molecule has 0 unspecified atom stereocenters. The highest BCUT2D eigenvalue weighted by Crippen LogP contribution is 2.38. The van der Waals surface area contributed by atoms with Crippen LogP contribution in [0.1, 0.15) is 28.4 Å². The number of halogens is 1. The van der Waals surface area contributed by atoms with Gasteiger partial charge in [0.2, 0.25) is 0 Å². The highest BCUT2D eigenvalue weighted by Gasteiger charge is 2.29. The van der Waals surface area contributed by atoms with Crippen molar-refractivity contribution in [2.24, 2.45) is 0 Å². The van der Waals surface area contributed by atoms with Crippen molar-refractivity contribution < 1.29 is 24.2 Å². The number of likely N-dealkylation sites (N-methyl/N-ethyl adjacent to an activating group) is 1. The third-order valence-corrected chi connectivity index (χ3v) is 6.40. The number of amides is 1. The number of benzene rings is 2. The number of aromatic carboxylic acids is 1. The Morgan fingerprint density at radius 1 is 1.23 bits per heavy atom. The molecule has 1 N–H and O–H groups in total. The lowest BCUT2D eigenvalue weighted by molar-refractivity contribution is -0.121. The van der Waals surface area contributed by atoms with Gasteiger partial charge < -0.3 is 14.6 Å². The molecule has 0 saturated carbocycles. The van der Waals surface area contributed by atoms with Crippen LogP contribution in [0.2, 0.25) is 0 Å². The van der Waals surface area contributed by atoms with Gasteiger partial charge in [-0.15, -0.1) is 0 Å². The summed E-state index contributed by atoms with van der Waals surface area (Å²) in [5.41, 5.74) is 1.82. The van der Waals surface area contributed by atoms with E-state index in [1.54, 1.807) is 37.4 Å². The molecule has 0 aromatic heterocycles. The van der Waals surface area contributed by atoms with Gasteiger partial charge in [0.15, 0.2) is 11.5 Å². The largest absolute Gasteiger partial charge is 0.490 e. The van der Waals surface area contributed by atoms with Crippen molar-refractivity contribution in [2.75, 3.05) is 13.7 Å². The van der Waals surface area contributed by atoms with Gasteiger partial charge >= 0.3 is 5.97 Å². The monoisotopic (exact) mass is 507 g/mol. The number of carbonyl (C=O) groups excluding carboxylic acids is 1. The van der Waals surface area contributed by atoms with Crippen molar-refractivity contribution in [1.29, 1.82) is 0 Å². The first-order chi connectivity index (χ1) is 14.3. The number of thioether (sulfide) groups is 1. The number of ether oxygens (including phenoxy) is 2. The van der Waals surface area contributed by atoms with Crippen LogP contribution < -0.4 is 9.47 Å². The van der Waals surface area contributed by atoms with Gasteiger partial charge in [-0.2, -0.15) is 0 Å². The standard InChI is InChI=1S/C21H18BrNO5S2/c1-3-27-16-8-14(9-18-19(24)23(2)21(29)30-18)15(22)10-17(16)28-11-12-4-6-13(7-5-12)20(25)26/h4-10H,3,11H2,1-2H3,(H,25,26). The van der Waals surface area contributed by atoms with E-state index in [0.29, 0.717) is 27.3 Å². The fourth-order valence-corrected chi connectivity index (χ4v) is 4.24. The quantitative estimate of drug-likeness (QED) is 0.419. The fraction of sp³-hybridized carbons (Fsp3) is 0.190. The summed E-state index contributed by atoms with van der Waals surface area (Å²) in [4.78, 5) is 25.2. The number of carboxylic acid groups (broad SMARTS) is 1. The maximum atomic E-state index is 12.3. The van der Waals surface area contributed by atoms with E-state index >= 15 is 0 Å². The maximum Gasteiger partial charge on any atom is 0.335 e. The zero-order valence-corrected chi connectivity index (χ0v) is 19.4. The van der Waals surface area contributed by atoms with Crippen LogP contribution in [-0.4, -0.2) is 39.9 Å². The third kappa shape index (κ3) is 5.03. The number of hydrogen-bond acceptors (Lipinski definition) is 6. The molecule has 0 aliphatic carbocycles. The van der Waals surface area contributed by atoms with Gasteiger partial charge in [0.05, 0.1) is 17.1 Å². The van der Waals surface area contributed by atoms with E-state index in [2.05, 4.69) is 15.9 Å². The Bertz CT molecular complexity index is 1040. The second kappa shape index (κ2) is 9.63. The van der Waals surface area contributed by atoms with Gasteiger partial charge in [-0.1, -0.05) is 52.0 Å². The SMILES string of the molecule is CCOc1cc(C=C2SC(=S)N(C)C2=O)c(Br)cc1OCc1ccc(C(=O)O)cc1. The molecule has 1 amide bonds. The first kappa shape index (κ1) is 22.3. The zero-order chi connectivity index (χ0) is 21.8. The number of carboxylic acids is 1. The second-order valence-electron chi connectivity index (χ2n) is 6.28. The molecule has 1 saturated heterocycles. The Balaban J connectivity index is 1.83. The minimum atomic E-state index is -0.972. The fourth-order valence-electron chi connectivity index (χ4n) is 2.63. The summed E-state index contributed by atoms with van der Waals surface area (Å²) in [6.45, 7) is 2.57. The molecule has 0 spiro atoms. The number of nitrogens with zero attached hydrogens (tertiary/aromatic N) is 1. The lowest BCUT2D eigenvalue weighted by Crippen LogP contribution is -2.22. The van der Waals surface area contributed by atoms with E-state index in [9.17, 15) is 9.59 Å². The summed E-state index contributed by atoms with van der Waals surface area (Å²) < 4.78 is 12.9. The molecule has 156 valence electrons. The molecular weight excluding hydrogens is 490 g/mol. The zero-order valence-electron chi connectivity index (χ0n) is 16.2. The summed E-state index contributed by atoms with van der Waals surface area (Å²) in [7, 11) is 1.65.